The Morgan fingerprint density at radius 3 is 2.70 bits per heavy atom. The summed E-state index contributed by atoms with van der Waals surface area (Å²) in [6.45, 7) is 5.71. The maximum absolute atomic E-state index is 12.4. The molecule has 1 aromatic rings. The number of hydrogen-bond donors (Lipinski definition) is 1. The Morgan fingerprint density at radius 1 is 1.35 bits per heavy atom. The van der Waals surface area contributed by atoms with E-state index in [1.165, 1.54) is 0 Å². The lowest BCUT2D eigenvalue weighted by atomic mass is 10.0. The van der Waals surface area contributed by atoms with Gasteiger partial charge in [-0.15, -0.1) is 0 Å². The Labute approximate surface area is 123 Å². The minimum absolute atomic E-state index is 0.00655. The molecule has 5 heteroatoms. The van der Waals surface area contributed by atoms with E-state index in [-0.39, 0.29) is 22.6 Å². The second-order valence-corrected chi connectivity index (χ2v) is 7.36. The van der Waals surface area contributed by atoms with Gasteiger partial charge in [-0.25, -0.2) is 4.79 Å². The zero-order valence-electron chi connectivity index (χ0n) is 11.8. The number of carbonyl (C=O) groups is 2. The fraction of sp³-hybridized carbons (Fsp3) is 0.467. The second-order valence-electron chi connectivity index (χ2n) is 5.56. The molecule has 1 saturated heterocycles. The zero-order valence-corrected chi connectivity index (χ0v) is 12.6. The van der Waals surface area contributed by atoms with Crippen molar-refractivity contribution in [1.29, 1.82) is 0 Å². The van der Waals surface area contributed by atoms with Crippen LogP contribution in [0.5, 0.6) is 0 Å². The lowest BCUT2D eigenvalue weighted by molar-refractivity contribution is -0.130. The molecule has 1 heterocycles. The Kier molecular flexibility index (Phi) is 4.38. The third kappa shape index (κ3) is 3.54. The van der Waals surface area contributed by atoms with Crippen molar-refractivity contribution in [2.75, 3.05) is 18.8 Å². The summed E-state index contributed by atoms with van der Waals surface area (Å²) < 4.78 is 0.0697. The summed E-state index contributed by atoms with van der Waals surface area (Å²) in [6.07, 6.45) is 0.156. The summed E-state index contributed by atoms with van der Waals surface area (Å²) in [7, 11) is 0. The van der Waals surface area contributed by atoms with Gasteiger partial charge in [0.25, 0.3) is 0 Å². The van der Waals surface area contributed by atoms with Crippen molar-refractivity contribution in [3.05, 3.63) is 35.4 Å². The first-order valence-corrected chi connectivity index (χ1v) is 7.60. The molecular weight excluding hydrogens is 274 g/mol. The molecule has 0 unspecified atom stereocenters. The van der Waals surface area contributed by atoms with E-state index in [9.17, 15) is 9.59 Å². The number of benzene rings is 1. The molecule has 0 spiro atoms. The molecule has 0 aliphatic carbocycles. The number of carbonyl (C=O) groups excluding carboxylic acids is 1. The van der Waals surface area contributed by atoms with Gasteiger partial charge in [0.2, 0.25) is 5.91 Å². The number of hydrogen-bond acceptors (Lipinski definition) is 3. The Morgan fingerprint density at radius 2 is 2.05 bits per heavy atom. The standard InChI is InChI=1S/C15H19NO3S/c1-15(2)10-16(7-8-20-15)13(17)9-11-5-3-4-6-12(11)14(18)19/h3-6H,7-10H2,1-2H3,(H,18,19). The van der Waals surface area contributed by atoms with Gasteiger partial charge < -0.3 is 10.0 Å². The summed E-state index contributed by atoms with van der Waals surface area (Å²) in [6, 6.07) is 6.70. The molecule has 0 atom stereocenters. The summed E-state index contributed by atoms with van der Waals surface area (Å²) >= 11 is 1.87. The molecule has 2 rings (SSSR count). The zero-order chi connectivity index (χ0) is 14.8. The normalized spacial score (nSPS) is 17.8. The first-order valence-electron chi connectivity index (χ1n) is 6.62. The van der Waals surface area contributed by atoms with Gasteiger partial charge in [-0.2, -0.15) is 11.8 Å². The Bertz CT molecular complexity index is 528. The van der Waals surface area contributed by atoms with E-state index < -0.39 is 5.97 Å². The second kappa shape index (κ2) is 5.87. The minimum atomic E-state index is -0.983. The van der Waals surface area contributed by atoms with E-state index in [4.69, 9.17) is 5.11 Å². The highest BCUT2D eigenvalue weighted by molar-refractivity contribution is 8.00. The van der Waals surface area contributed by atoms with E-state index >= 15 is 0 Å². The van der Waals surface area contributed by atoms with Crippen LogP contribution in [0.25, 0.3) is 0 Å². The van der Waals surface area contributed by atoms with E-state index in [1.54, 1.807) is 24.3 Å². The van der Waals surface area contributed by atoms with E-state index in [1.807, 2.05) is 16.7 Å². The molecule has 1 fully saturated rings. The highest BCUT2D eigenvalue weighted by atomic mass is 32.2. The number of rotatable bonds is 3. The lowest BCUT2D eigenvalue weighted by Gasteiger charge is -2.37. The highest BCUT2D eigenvalue weighted by Crippen LogP contribution is 2.29. The SMILES string of the molecule is CC1(C)CN(C(=O)Cc2ccccc2C(=O)O)CCS1. The van der Waals surface area contributed by atoms with Crippen LogP contribution in [0.4, 0.5) is 0 Å². The van der Waals surface area contributed by atoms with Crippen LogP contribution in [0.2, 0.25) is 0 Å². The molecule has 108 valence electrons. The van der Waals surface area contributed by atoms with Crippen molar-refractivity contribution in [2.45, 2.75) is 25.0 Å². The van der Waals surface area contributed by atoms with Crippen LogP contribution >= 0.6 is 11.8 Å². The first-order chi connectivity index (χ1) is 9.39. The number of carboxylic acids is 1. The van der Waals surface area contributed by atoms with Crippen LogP contribution in [0.1, 0.15) is 29.8 Å². The molecule has 1 aliphatic heterocycles. The van der Waals surface area contributed by atoms with E-state index in [2.05, 4.69) is 13.8 Å². The first kappa shape index (κ1) is 14.9. The molecule has 1 aromatic carbocycles. The fourth-order valence-corrected chi connectivity index (χ4v) is 3.50. The minimum Gasteiger partial charge on any atom is -0.478 e. The number of thioether (sulfide) groups is 1. The predicted octanol–water partition coefficient (Wildman–Crippen LogP) is 2.28. The highest BCUT2D eigenvalue weighted by Gasteiger charge is 2.29. The number of nitrogens with zero attached hydrogens (tertiary/aromatic N) is 1. The molecule has 0 radical (unpaired) electrons. The van der Waals surface area contributed by atoms with Crippen LogP contribution < -0.4 is 0 Å². The van der Waals surface area contributed by atoms with Crippen molar-refractivity contribution in [1.82, 2.24) is 4.90 Å². The van der Waals surface area contributed by atoms with Gasteiger partial charge in [-0.1, -0.05) is 18.2 Å². The lowest BCUT2D eigenvalue weighted by Crippen LogP contribution is -2.46. The van der Waals surface area contributed by atoms with Gasteiger partial charge in [-0.3, -0.25) is 4.79 Å². The van der Waals surface area contributed by atoms with Crippen LogP contribution in [-0.2, 0) is 11.2 Å². The number of aromatic carboxylic acids is 1. The van der Waals surface area contributed by atoms with Crippen LogP contribution in [0, 0.1) is 0 Å². The van der Waals surface area contributed by atoms with Gasteiger partial charge in [0.1, 0.15) is 0 Å². The molecule has 0 aromatic heterocycles. The van der Waals surface area contributed by atoms with Crippen LogP contribution in [-0.4, -0.2) is 45.5 Å². The van der Waals surface area contributed by atoms with Gasteiger partial charge in [0.15, 0.2) is 0 Å². The van der Waals surface area contributed by atoms with E-state index in [0.717, 1.165) is 12.3 Å². The molecule has 0 saturated carbocycles. The third-order valence-electron chi connectivity index (χ3n) is 3.37. The summed E-state index contributed by atoms with van der Waals surface area (Å²) in [5.41, 5.74) is 0.799. The number of amides is 1. The van der Waals surface area contributed by atoms with Gasteiger partial charge in [-0.05, 0) is 25.5 Å². The average Bonchev–Trinajstić information content (AvgIpc) is 2.38. The predicted molar refractivity (Wildman–Crippen MR) is 80.2 cm³/mol. The average molecular weight is 293 g/mol. The van der Waals surface area contributed by atoms with Crippen LogP contribution in [0.3, 0.4) is 0 Å². The van der Waals surface area contributed by atoms with Crippen molar-refractivity contribution in [3.63, 3.8) is 0 Å². The third-order valence-corrected chi connectivity index (χ3v) is 4.67. The van der Waals surface area contributed by atoms with Crippen molar-refractivity contribution in [3.8, 4) is 0 Å². The number of carboxylic acid groups (broad SMARTS) is 1. The topological polar surface area (TPSA) is 57.6 Å². The largest absolute Gasteiger partial charge is 0.478 e. The molecule has 1 amide bonds. The Balaban J connectivity index is 2.10. The van der Waals surface area contributed by atoms with Crippen molar-refractivity contribution >= 4 is 23.6 Å². The van der Waals surface area contributed by atoms with Crippen molar-refractivity contribution < 1.29 is 14.7 Å². The molecule has 20 heavy (non-hydrogen) atoms. The smallest absolute Gasteiger partial charge is 0.335 e. The van der Waals surface area contributed by atoms with E-state index in [0.29, 0.717) is 12.1 Å². The maximum Gasteiger partial charge on any atom is 0.335 e. The Hall–Kier alpha value is -1.49. The molecule has 1 aliphatic rings. The quantitative estimate of drug-likeness (QED) is 0.929. The maximum atomic E-state index is 12.4. The van der Waals surface area contributed by atoms with Crippen LogP contribution in [0.15, 0.2) is 24.3 Å². The fourth-order valence-electron chi connectivity index (χ4n) is 2.39. The van der Waals surface area contributed by atoms with Gasteiger partial charge in [0, 0.05) is 23.6 Å². The molecule has 1 N–H and O–H groups in total. The summed E-state index contributed by atoms with van der Waals surface area (Å²) in [4.78, 5) is 25.4. The summed E-state index contributed by atoms with van der Waals surface area (Å²) in [5.74, 6) is -0.0470. The summed E-state index contributed by atoms with van der Waals surface area (Å²) in [5, 5.41) is 9.14. The monoisotopic (exact) mass is 293 g/mol. The molecule has 0 bridgehead atoms. The van der Waals surface area contributed by atoms with Crippen molar-refractivity contribution in [2.24, 2.45) is 0 Å². The molecule has 4 nitrogen and oxygen atoms in total. The van der Waals surface area contributed by atoms with Gasteiger partial charge >= 0.3 is 5.97 Å². The van der Waals surface area contributed by atoms with Gasteiger partial charge in [0.05, 0.1) is 12.0 Å². The molecular formula is C15H19NO3S.